The Balaban J connectivity index is 1.88. The zero-order chi connectivity index (χ0) is 17.9. The highest BCUT2D eigenvalue weighted by Crippen LogP contribution is 2.23. The molecule has 2 heterocycles. The lowest BCUT2D eigenvalue weighted by molar-refractivity contribution is 0.102. The number of pyridine rings is 1. The molecule has 0 aliphatic carbocycles. The van der Waals surface area contributed by atoms with Gasteiger partial charge in [0.25, 0.3) is 5.91 Å². The van der Waals surface area contributed by atoms with Crippen LogP contribution in [0.5, 0.6) is 0 Å². The minimum atomic E-state index is -3.57. The quantitative estimate of drug-likeness (QED) is 0.910. The number of piperidine rings is 1. The summed E-state index contributed by atoms with van der Waals surface area (Å²) in [5, 5.41) is 2.75. The standard InChI is InChI=1S/C18H21N3O3S/c1-14-7-8-16(25(23,24)21-10-3-2-4-11-21)12-17(14)18(22)20-15-6-5-9-19-13-15/h5-9,12-13H,2-4,10-11H2,1H3,(H,20,22). The van der Waals surface area contributed by atoms with E-state index in [0.29, 0.717) is 24.3 Å². The third kappa shape index (κ3) is 3.88. The van der Waals surface area contributed by atoms with E-state index in [0.717, 1.165) is 24.8 Å². The number of nitrogens with one attached hydrogen (secondary N) is 1. The molecule has 0 atom stereocenters. The largest absolute Gasteiger partial charge is 0.321 e. The third-order valence-corrected chi connectivity index (χ3v) is 6.22. The molecule has 0 spiro atoms. The lowest BCUT2D eigenvalue weighted by Gasteiger charge is -2.26. The fourth-order valence-corrected chi connectivity index (χ4v) is 4.44. The Hall–Kier alpha value is -2.25. The van der Waals surface area contributed by atoms with Crippen molar-refractivity contribution in [1.29, 1.82) is 0 Å². The third-order valence-electron chi connectivity index (χ3n) is 4.33. The first-order valence-electron chi connectivity index (χ1n) is 8.31. The maximum atomic E-state index is 12.8. The zero-order valence-corrected chi connectivity index (χ0v) is 14.9. The lowest BCUT2D eigenvalue weighted by Crippen LogP contribution is -2.35. The summed E-state index contributed by atoms with van der Waals surface area (Å²) in [5.74, 6) is -0.346. The number of nitrogens with zero attached hydrogens (tertiary/aromatic N) is 2. The molecule has 1 saturated heterocycles. The van der Waals surface area contributed by atoms with Crippen LogP contribution in [0.3, 0.4) is 0 Å². The van der Waals surface area contributed by atoms with Gasteiger partial charge in [0.2, 0.25) is 10.0 Å². The number of aryl methyl sites for hydroxylation is 1. The Bertz CT molecular complexity index is 860. The van der Waals surface area contributed by atoms with E-state index in [1.807, 2.05) is 0 Å². The highest BCUT2D eigenvalue weighted by atomic mass is 32.2. The number of rotatable bonds is 4. The molecule has 1 aromatic heterocycles. The zero-order valence-electron chi connectivity index (χ0n) is 14.1. The molecule has 1 amide bonds. The minimum absolute atomic E-state index is 0.163. The van der Waals surface area contributed by atoms with Crippen molar-refractivity contribution in [3.63, 3.8) is 0 Å². The first-order valence-corrected chi connectivity index (χ1v) is 9.75. The highest BCUT2D eigenvalue weighted by Gasteiger charge is 2.27. The number of carbonyl (C=O) groups excluding carboxylic acids is 1. The van der Waals surface area contributed by atoms with Crippen LogP contribution in [0, 0.1) is 6.92 Å². The van der Waals surface area contributed by atoms with Crippen molar-refractivity contribution in [2.75, 3.05) is 18.4 Å². The highest BCUT2D eigenvalue weighted by molar-refractivity contribution is 7.89. The van der Waals surface area contributed by atoms with Crippen molar-refractivity contribution in [2.45, 2.75) is 31.1 Å². The molecular weight excluding hydrogens is 338 g/mol. The fraction of sp³-hybridized carbons (Fsp3) is 0.333. The van der Waals surface area contributed by atoms with E-state index in [-0.39, 0.29) is 10.8 Å². The molecule has 1 aromatic carbocycles. The number of amides is 1. The predicted molar refractivity (Wildman–Crippen MR) is 96.0 cm³/mol. The summed E-state index contributed by atoms with van der Waals surface area (Å²) in [7, 11) is -3.57. The average Bonchev–Trinajstić information content (AvgIpc) is 2.63. The molecule has 1 aliphatic heterocycles. The Morgan fingerprint density at radius 3 is 2.60 bits per heavy atom. The molecule has 3 rings (SSSR count). The van der Waals surface area contributed by atoms with Crippen LogP contribution >= 0.6 is 0 Å². The van der Waals surface area contributed by atoms with Crippen LogP contribution in [-0.4, -0.2) is 36.7 Å². The van der Waals surface area contributed by atoms with Crippen molar-refractivity contribution < 1.29 is 13.2 Å². The van der Waals surface area contributed by atoms with Gasteiger partial charge in [0.1, 0.15) is 0 Å². The first kappa shape index (κ1) is 17.6. The number of anilines is 1. The Morgan fingerprint density at radius 1 is 1.16 bits per heavy atom. The van der Waals surface area contributed by atoms with Crippen LogP contribution < -0.4 is 5.32 Å². The van der Waals surface area contributed by atoms with E-state index in [4.69, 9.17) is 0 Å². The van der Waals surface area contributed by atoms with Crippen LogP contribution in [0.1, 0.15) is 35.2 Å². The number of hydrogen-bond donors (Lipinski definition) is 1. The summed E-state index contributed by atoms with van der Waals surface area (Å²) < 4.78 is 27.1. The molecule has 1 N–H and O–H groups in total. The van der Waals surface area contributed by atoms with Gasteiger partial charge in [0, 0.05) is 24.8 Å². The van der Waals surface area contributed by atoms with Gasteiger partial charge in [-0.05, 0) is 49.6 Å². The summed E-state index contributed by atoms with van der Waals surface area (Å²) in [6, 6.07) is 8.16. The van der Waals surface area contributed by atoms with Crippen molar-refractivity contribution in [2.24, 2.45) is 0 Å². The molecule has 0 unspecified atom stereocenters. The van der Waals surface area contributed by atoms with Gasteiger partial charge in [-0.2, -0.15) is 4.31 Å². The molecular formula is C18H21N3O3S. The molecule has 25 heavy (non-hydrogen) atoms. The molecule has 0 radical (unpaired) electrons. The van der Waals surface area contributed by atoms with E-state index in [9.17, 15) is 13.2 Å². The van der Waals surface area contributed by atoms with Gasteiger partial charge >= 0.3 is 0 Å². The number of carbonyl (C=O) groups is 1. The van der Waals surface area contributed by atoms with Crippen LogP contribution in [0.25, 0.3) is 0 Å². The van der Waals surface area contributed by atoms with Crippen molar-refractivity contribution in [3.8, 4) is 0 Å². The SMILES string of the molecule is Cc1ccc(S(=O)(=O)N2CCCCC2)cc1C(=O)Nc1cccnc1. The second-order valence-electron chi connectivity index (χ2n) is 6.14. The van der Waals surface area contributed by atoms with Gasteiger partial charge in [-0.1, -0.05) is 12.5 Å². The number of benzene rings is 1. The van der Waals surface area contributed by atoms with Gasteiger partial charge in [0.15, 0.2) is 0 Å². The normalized spacial score (nSPS) is 15.7. The second-order valence-corrected chi connectivity index (χ2v) is 8.08. The maximum absolute atomic E-state index is 12.8. The molecule has 7 heteroatoms. The van der Waals surface area contributed by atoms with Crippen molar-refractivity contribution >= 4 is 21.6 Å². The maximum Gasteiger partial charge on any atom is 0.256 e. The smallest absolute Gasteiger partial charge is 0.256 e. The van der Waals surface area contributed by atoms with Crippen LogP contribution in [0.4, 0.5) is 5.69 Å². The van der Waals surface area contributed by atoms with Crippen LogP contribution in [0.2, 0.25) is 0 Å². The molecule has 132 valence electrons. The molecule has 0 saturated carbocycles. The van der Waals surface area contributed by atoms with E-state index in [1.165, 1.54) is 10.4 Å². The molecule has 0 bridgehead atoms. The Labute approximate surface area is 147 Å². The summed E-state index contributed by atoms with van der Waals surface area (Å²) >= 11 is 0. The summed E-state index contributed by atoms with van der Waals surface area (Å²) in [4.78, 5) is 16.7. The van der Waals surface area contributed by atoms with Crippen LogP contribution in [-0.2, 0) is 10.0 Å². The second kappa shape index (κ2) is 7.33. The molecule has 1 aliphatic rings. The fourth-order valence-electron chi connectivity index (χ4n) is 2.90. The van der Waals surface area contributed by atoms with Gasteiger partial charge in [0.05, 0.1) is 16.8 Å². The van der Waals surface area contributed by atoms with Crippen molar-refractivity contribution in [1.82, 2.24) is 9.29 Å². The molecule has 6 nitrogen and oxygen atoms in total. The van der Waals surface area contributed by atoms with E-state index >= 15 is 0 Å². The van der Waals surface area contributed by atoms with E-state index < -0.39 is 10.0 Å². The monoisotopic (exact) mass is 359 g/mol. The molecule has 2 aromatic rings. The number of sulfonamides is 1. The Kier molecular flexibility index (Phi) is 5.15. The van der Waals surface area contributed by atoms with E-state index in [2.05, 4.69) is 10.3 Å². The average molecular weight is 359 g/mol. The summed E-state index contributed by atoms with van der Waals surface area (Å²) in [6.07, 6.45) is 5.96. The Morgan fingerprint density at radius 2 is 1.92 bits per heavy atom. The molecule has 1 fully saturated rings. The minimum Gasteiger partial charge on any atom is -0.321 e. The van der Waals surface area contributed by atoms with Gasteiger partial charge in [-0.3, -0.25) is 9.78 Å². The number of aromatic nitrogens is 1. The topological polar surface area (TPSA) is 79.4 Å². The predicted octanol–water partition coefficient (Wildman–Crippen LogP) is 2.82. The first-order chi connectivity index (χ1) is 12.0. The lowest BCUT2D eigenvalue weighted by atomic mass is 10.1. The van der Waals surface area contributed by atoms with Crippen molar-refractivity contribution in [3.05, 3.63) is 53.9 Å². The van der Waals surface area contributed by atoms with E-state index in [1.54, 1.807) is 43.6 Å². The van der Waals surface area contributed by atoms with Crippen LogP contribution in [0.15, 0.2) is 47.6 Å². The summed E-state index contributed by atoms with van der Waals surface area (Å²) in [5.41, 5.74) is 1.64. The van der Waals surface area contributed by atoms with Gasteiger partial charge in [-0.25, -0.2) is 8.42 Å². The van der Waals surface area contributed by atoms with Gasteiger partial charge < -0.3 is 5.32 Å². The van der Waals surface area contributed by atoms with Gasteiger partial charge in [-0.15, -0.1) is 0 Å². The summed E-state index contributed by atoms with van der Waals surface area (Å²) in [6.45, 7) is 2.86. The number of hydrogen-bond acceptors (Lipinski definition) is 4.